The molecule has 2 aromatic carbocycles. The number of carbonyl (C=O) groups excluding carboxylic acids is 3. The van der Waals surface area contributed by atoms with Gasteiger partial charge >= 0.3 is 0 Å². The van der Waals surface area contributed by atoms with Crippen molar-refractivity contribution in [3.8, 4) is 11.1 Å². The Kier molecular flexibility index (Phi) is 5.54. The van der Waals surface area contributed by atoms with Crippen LogP contribution in [0.25, 0.3) is 11.1 Å². The summed E-state index contributed by atoms with van der Waals surface area (Å²) in [5, 5.41) is 9.90. The third kappa shape index (κ3) is 3.70. The van der Waals surface area contributed by atoms with Crippen molar-refractivity contribution in [2.45, 2.75) is 24.9 Å². The van der Waals surface area contributed by atoms with Gasteiger partial charge in [-0.3, -0.25) is 14.4 Å². The molecule has 162 valence electrons. The monoisotopic (exact) mass is 421 g/mol. The molecule has 1 N–H and O–H groups in total. The molecule has 0 spiro atoms. The van der Waals surface area contributed by atoms with Gasteiger partial charge < -0.3 is 19.8 Å². The van der Waals surface area contributed by atoms with E-state index in [1.165, 1.54) is 6.92 Å². The summed E-state index contributed by atoms with van der Waals surface area (Å²) in [4.78, 5) is 41.4. The lowest BCUT2D eigenvalue weighted by atomic mass is 9.73. The largest absolute Gasteiger partial charge is 0.394 e. The Morgan fingerprint density at radius 2 is 1.81 bits per heavy atom. The fraction of sp³-hybridized carbons (Fsp3) is 0.375. The van der Waals surface area contributed by atoms with Crippen LogP contribution in [0, 0.1) is 0 Å². The summed E-state index contributed by atoms with van der Waals surface area (Å²) in [7, 11) is 3.46. The number of aliphatic hydroxyl groups is 1. The molecule has 2 saturated heterocycles. The van der Waals surface area contributed by atoms with Gasteiger partial charge in [0.15, 0.2) is 0 Å². The summed E-state index contributed by atoms with van der Waals surface area (Å²) >= 11 is 0. The Bertz CT molecular complexity index is 1020. The first kappa shape index (κ1) is 21.1. The normalized spacial score (nSPS) is 22.6. The molecule has 2 heterocycles. The van der Waals surface area contributed by atoms with Crippen molar-refractivity contribution in [1.82, 2.24) is 14.7 Å². The highest BCUT2D eigenvalue weighted by molar-refractivity contribution is 5.95. The van der Waals surface area contributed by atoms with Crippen LogP contribution in [0.2, 0.25) is 0 Å². The van der Waals surface area contributed by atoms with Crippen LogP contribution in [0.4, 0.5) is 0 Å². The van der Waals surface area contributed by atoms with E-state index in [4.69, 9.17) is 0 Å². The van der Waals surface area contributed by atoms with Crippen LogP contribution in [0.3, 0.4) is 0 Å². The number of fused-ring (bicyclic) bond motifs is 1. The zero-order valence-electron chi connectivity index (χ0n) is 18.0. The summed E-state index contributed by atoms with van der Waals surface area (Å²) in [6.45, 7) is 1.93. The molecule has 4 rings (SSSR count). The van der Waals surface area contributed by atoms with Crippen LogP contribution in [-0.4, -0.2) is 83.4 Å². The first-order chi connectivity index (χ1) is 14.8. The molecule has 0 unspecified atom stereocenters. The van der Waals surface area contributed by atoms with Gasteiger partial charge in [-0.15, -0.1) is 0 Å². The lowest BCUT2D eigenvalue weighted by molar-refractivity contribution is -0.166. The maximum atomic E-state index is 12.5. The molecule has 2 aliphatic rings. The second-order valence-corrected chi connectivity index (χ2v) is 8.45. The van der Waals surface area contributed by atoms with Crippen molar-refractivity contribution in [2.75, 3.05) is 33.8 Å². The van der Waals surface area contributed by atoms with Gasteiger partial charge in [-0.2, -0.15) is 0 Å². The second-order valence-electron chi connectivity index (χ2n) is 8.45. The van der Waals surface area contributed by atoms with Gasteiger partial charge in [0.05, 0.1) is 25.2 Å². The molecule has 2 fully saturated rings. The van der Waals surface area contributed by atoms with Gasteiger partial charge in [0.1, 0.15) is 0 Å². The van der Waals surface area contributed by atoms with Crippen molar-refractivity contribution >= 4 is 17.7 Å². The van der Waals surface area contributed by atoms with E-state index >= 15 is 0 Å². The molecule has 0 aliphatic carbocycles. The minimum absolute atomic E-state index is 0.0215. The summed E-state index contributed by atoms with van der Waals surface area (Å²) in [5.41, 5.74) is 3.59. The summed E-state index contributed by atoms with van der Waals surface area (Å²) in [6, 6.07) is 15.2. The zero-order valence-corrected chi connectivity index (χ0v) is 18.0. The molecule has 3 amide bonds. The van der Waals surface area contributed by atoms with Crippen LogP contribution >= 0.6 is 0 Å². The molecular weight excluding hydrogens is 394 g/mol. The lowest BCUT2D eigenvalue weighted by Gasteiger charge is -2.58. The number of carbonyl (C=O) groups is 3. The van der Waals surface area contributed by atoms with Gasteiger partial charge in [-0.25, -0.2) is 0 Å². The first-order valence-electron chi connectivity index (χ1n) is 10.4. The van der Waals surface area contributed by atoms with Crippen LogP contribution in [0.1, 0.15) is 28.8 Å². The van der Waals surface area contributed by atoms with Gasteiger partial charge in [-0.05, 0) is 28.8 Å². The van der Waals surface area contributed by atoms with Crippen molar-refractivity contribution < 1.29 is 19.5 Å². The SMILES string of the molecule is CC(=O)N1CC(=O)N2[C@H](CO)[C@@H](c3ccc(-c4cccc(C(=O)N(C)C)c4)cc3)[C@@H]2C1. The number of nitrogens with zero attached hydrogens (tertiary/aromatic N) is 3. The van der Waals surface area contributed by atoms with Crippen LogP contribution in [0.15, 0.2) is 48.5 Å². The van der Waals surface area contributed by atoms with E-state index in [0.29, 0.717) is 12.1 Å². The molecule has 2 aliphatic heterocycles. The minimum Gasteiger partial charge on any atom is -0.394 e. The number of amides is 3. The maximum absolute atomic E-state index is 12.5. The highest BCUT2D eigenvalue weighted by Crippen LogP contribution is 2.43. The van der Waals surface area contributed by atoms with Gasteiger partial charge in [0.25, 0.3) is 5.91 Å². The summed E-state index contributed by atoms with van der Waals surface area (Å²) in [6.07, 6.45) is 0. The summed E-state index contributed by atoms with van der Waals surface area (Å²) < 4.78 is 0. The molecule has 0 aromatic heterocycles. The third-order valence-corrected chi connectivity index (χ3v) is 6.34. The Labute approximate surface area is 181 Å². The number of rotatable bonds is 4. The van der Waals surface area contributed by atoms with E-state index in [9.17, 15) is 19.5 Å². The smallest absolute Gasteiger partial charge is 0.253 e. The van der Waals surface area contributed by atoms with Crippen LogP contribution in [-0.2, 0) is 9.59 Å². The second kappa shape index (κ2) is 8.15. The van der Waals surface area contributed by atoms with Crippen molar-refractivity contribution in [2.24, 2.45) is 0 Å². The van der Waals surface area contributed by atoms with Crippen LogP contribution in [0.5, 0.6) is 0 Å². The van der Waals surface area contributed by atoms with E-state index in [0.717, 1.165) is 16.7 Å². The number of aliphatic hydroxyl groups excluding tert-OH is 1. The maximum Gasteiger partial charge on any atom is 0.253 e. The van der Waals surface area contributed by atoms with Crippen molar-refractivity contribution in [3.63, 3.8) is 0 Å². The molecule has 31 heavy (non-hydrogen) atoms. The quantitative estimate of drug-likeness (QED) is 0.813. The zero-order chi connectivity index (χ0) is 22.3. The average molecular weight is 421 g/mol. The lowest BCUT2D eigenvalue weighted by Crippen LogP contribution is -2.73. The molecule has 7 heteroatoms. The molecule has 0 bridgehead atoms. The fourth-order valence-electron chi connectivity index (χ4n) is 4.73. The van der Waals surface area contributed by atoms with Gasteiger partial charge in [0, 0.05) is 39.0 Å². The first-order valence-corrected chi connectivity index (χ1v) is 10.4. The summed E-state index contributed by atoms with van der Waals surface area (Å²) in [5.74, 6) is -0.287. The van der Waals surface area contributed by atoms with Gasteiger partial charge in [-0.1, -0.05) is 36.4 Å². The van der Waals surface area contributed by atoms with Crippen molar-refractivity contribution in [3.05, 3.63) is 59.7 Å². The molecule has 7 nitrogen and oxygen atoms in total. The van der Waals surface area contributed by atoms with E-state index < -0.39 is 0 Å². The highest BCUT2D eigenvalue weighted by Gasteiger charge is 2.54. The standard InChI is InChI=1S/C24H27N3O4/c1-15(29)26-12-20-23(21(14-28)27(20)22(30)13-26)17-9-7-16(8-10-17)18-5-4-6-19(11-18)24(31)25(2)3/h4-11,20-21,23,28H,12-14H2,1-3H3/t20-,21+,23-/m0/s1. The van der Waals surface area contributed by atoms with Gasteiger partial charge in [0.2, 0.25) is 11.8 Å². The fourth-order valence-corrected chi connectivity index (χ4v) is 4.73. The van der Waals surface area contributed by atoms with E-state index in [-0.39, 0.29) is 48.9 Å². The predicted octanol–water partition coefficient (Wildman–Crippen LogP) is 1.57. The number of hydrogen-bond acceptors (Lipinski definition) is 4. The topological polar surface area (TPSA) is 81.2 Å². The Morgan fingerprint density at radius 3 is 2.42 bits per heavy atom. The molecule has 0 saturated carbocycles. The Morgan fingerprint density at radius 1 is 1.10 bits per heavy atom. The average Bonchev–Trinajstić information content (AvgIpc) is 2.74. The van der Waals surface area contributed by atoms with Crippen molar-refractivity contribution in [1.29, 1.82) is 0 Å². The Balaban J connectivity index is 1.58. The van der Waals surface area contributed by atoms with Crippen LogP contribution < -0.4 is 0 Å². The molecule has 3 atom stereocenters. The predicted molar refractivity (Wildman–Crippen MR) is 116 cm³/mol. The van der Waals surface area contributed by atoms with E-state index in [2.05, 4.69) is 0 Å². The molecule has 2 aromatic rings. The Hall–Kier alpha value is -3.19. The highest BCUT2D eigenvalue weighted by atomic mass is 16.3. The number of piperazine rings is 1. The third-order valence-electron chi connectivity index (χ3n) is 6.34. The molecular formula is C24H27N3O4. The van der Waals surface area contributed by atoms with E-state index in [1.54, 1.807) is 34.9 Å². The number of hydrogen-bond donors (Lipinski definition) is 1. The number of benzene rings is 2. The van der Waals surface area contributed by atoms with E-state index in [1.807, 2.05) is 42.5 Å². The minimum atomic E-state index is -0.265. The molecule has 0 radical (unpaired) electrons.